The van der Waals surface area contributed by atoms with Crippen LogP contribution in [0.15, 0.2) is 30.5 Å². The van der Waals surface area contributed by atoms with Crippen LogP contribution in [0.5, 0.6) is 0 Å². The number of hydrogen-bond acceptors (Lipinski definition) is 3. The highest BCUT2D eigenvalue weighted by molar-refractivity contribution is 6.04. The quantitative estimate of drug-likeness (QED) is 0.828. The molecule has 2 aromatic rings. The number of para-hydroxylation sites is 1. The molecule has 5 heteroatoms. The van der Waals surface area contributed by atoms with Gasteiger partial charge in [0.25, 0.3) is 5.91 Å². The Kier molecular flexibility index (Phi) is 3.64. The first-order chi connectivity index (χ1) is 10.1. The second-order valence-corrected chi connectivity index (χ2v) is 5.52. The lowest BCUT2D eigenvalue weighted by Crippen LogP contribution is -2.37. The second kappa shape index (κ2) is 5.60. The van der Waals surface area contributed by atoms with Gasteiger partial charge in [-0.2, -0.15) is 0 Å². The maximum Gasteiger partial charge on any atom is 0.340 e. The molecule has 1 heterocycles. The van der Waals surface area contributed by atoms with E-state index >= 15 is 0 Å². The zero-order chi connectivity index (χ0) is 14.8. The van der Waals surface area contributed by atoms with Gasteiger partial charge in [0.2, 0.25) is 0 Å². The van der Waals surface area contributed by atoms with E-state index in [4.69, 9.17) is 4.74 Å². The number of esters is 1. The van der Waals surface area contributed by atoms with Crippen LogP contribution in [-0.2, 0) is 9.53 Å². The Morgan fingerprint density at radius 2 is 2.14 bits per heavy atom. The Bertz CT molecular complexity index is 673. The van der Waals surface area contributed by atoms with E-state index < -0.39 is 5.97 Å². The molecule has 3 rings (SSSR count). The lowest BCUT2D eigenvalue weighted by molar-refractivity contribution is -0.124. The number of aromatic amines is 1. The van der Waals surface area contributed by atoms with Crippen molar-refractivity contribution >= 4 is 22.8 Å². The molecule has 0 unspecified atom stereocenters. The van der Waals surface area contributed by atoms with E-state index in [1.165, 1.54) is 0 Å². The van der Waals surface area contributed by atoms with Crippen LogP contribution >= 0.6 is 0 Å². The number of fused-ring (bicyclic) bond motifs is 1. The molecule has 1 fully saturated rings. The number of H-pyrrole nitrogens is 1. The summed E-state index contributed by atoms with van der Waals surface area (Å²) in [5.41, 5.74) is 1.32. The Morgan fingerprint density at radius 1 is 1.38 bits per heavy atom. The molecular weight excluding hydrogens is 268 g/mol. The molecule has 1 atom stereocenters. The molecule has 21 heavy (non-hydrogen) atoms. The van der Waals surface area contributed by atoms with Crippen molar-refractivity contribution in [1.82, 2.24) is 10.3 Å². The minimum Gasteiger partial charge on any atom is -0.452 e. The average Bonchev–Trinajstić information content (AvgIpc) is 3.24. The van der Waals surface area contributed by atoms with Gasteiger partial charge in [-0.1, -0.05) is 18.2 Å². The molecule has 1 aromatic heterocycles. The summed E-state index contributed by atoms with van der Waals surface area (Å²) < 4.78 is 5.09. The van der Waals surface area contributed by atoms with Gasteiger partial charge >= 0.3 is 5.97 Å². The Morgan fingerprint density at radius 3 is 2.90 bits per heavy atom. The normalized spacial score (nSPS) is 15.7. The van der Waals surface area contributed by atoms with E-state index in [0.717, 1.165) is 23.7 Å². The Balaban J connectivity index is 1.57. The molecule has 1 saturated carbocycles. The van der Waals surface area contributed by atoms with Gasteiger partial charge in [0.05, 0.1) is 5.56 Å². The number of rotatable bonds is 5. The number of ether oxygens (including phenoxy) is 1. The number of carbonyl (C=O) groups is 2. The van der Waals surface area contributed by atoms with E-state index in [9.17, 15) is 9.59 Å². The van der Waals surface area contributed by atoms with Crippen LogP contribution in [0.25, 0.3) is 10.9 Å². The highest BCUT2D eigenvalue weighted by Crippen LogP contribution is 2.32. The van der Waals surface area contributed by atoms with Crippen LogP contribution in [-0.4, -0.2) is 29.5 Å². The Labute approximate surface area is 122 Å². The topological polar surface area (TPSA) is 71.2 Å². The molecule has 1 amide bonds. The fraction of sp³-hybridized carbons (Fsp3) is 0.375. The van der Waals surface area contributed by atoms with Crippen LogP contribution < -0.4 is 5.32 Å². The van der Waals surface area contributed by atoms with Crippen molar-refractivity contribution in [2.45, 2.75) is 25.8 Å². The molecule has 1 aliphatic rings. The minimum atomic E-state index is -0.485. The third-order valence-corrected chi connectivity index (χ3v) is 3.86. The van der Waals surface area contributed by atoms with Gasteiger partial charge in [0.1, 0.15) is 0 Å². The molecule has 0 spiro atoms. The first-order valence-corrected chi connectivity index (χ1v) is 7.18. The molecule has 0 saturated heterocycles. The molecule has 1 aromatic carbocycles. The van der Waals surface area contributed by atoms with E-state index in [0.29, 0.717) is 11.5 Å². The Hall–Kier alpha value is -2.30. The van der Waals surface area contributed by atoms with Crippen molar-refractivity contribution in [1.29, 1.82) is 0 Å². The highest BCUT2D eigenvalue weighted by atomic mass is 16.5. The maximum atomic E-state index is 12.0. The number of carbonyl (C=O) groups excluding carboxylic acids is 2. The number of hydrogen-bond donors (Lipinski definition) is 2. The summed E-state index contributed by atoms with van der Waals surface area (Å²) in [6.45, 7) is 1.74. The summed E-state index contributed by atoms with van der Waals surface area (Å²) in [6, 6.07) is 7.63. The summed E-state index contributed by atoms with van der Waals surface area (Å²) in [6.07, 6.45) is 3.94. The van der Waals surface area contributed by atoms with Crippen LogP contribution in [0.2, 0.25) is 0 Å². The molecule has 0 bridgehead atoms. The average molecular weight is 286 g/mol. The highest BCUT2D eigenvalue weighted by Gasteiger charge is 2.29. The predicted octanol–water partition coefficient (Wildman–Crippen LogP) is 2.24. The van der Waals surface area contributed by atoms with Gasteiger partial charge < -0.3 is 15.0 Å². The van der Waals surface area contributed by atoms with Crippen LogP contribution in [0.4, 0.5) is 0 Å². The molecule has 110 valence electrons. The molecule has 0 radical (unpaired) electrons. The zero-order valence-corrected chi connectivity index (χ0v) is 11.9. The summed E-state index contributed by atoms with van der Waals surface area (Å²) in [7, 11) is 0. The zero-order valence-electron chi connectivity index (χ0n) is 11.9. The first-order valence-electron chi connectivity index (χ1n) is 7.18. The van der Waals surface area contributed by atoms with Gasteiger partial charge in [-0.15, -0.1) is 0 Å². The largest absolute Gasteiger partial charge is 0.452 e. The molecular formula is C16H18N2O3. The summed E-state index contributed by atoms with van der Waals surface area (Å²) >= 11 is 0. The van der Waals surface area contributed by atoms with Crippen molar-refractivity contribution < 1.29 is 14.3 Å². The van der Waals surface area contributed by atoms with E-state index in [2.05, 4.69) is 10.3 Å². The van der Waals surface area contributed by atoms with Crippen molar-refractivity contribution in [3.8, 4) is 0 Å². The van der Waals surface area contributed by atoms with E-state index in [1.54, 1.807) is 6.20 Å². The van der Waals surface area contributed by atoms with Crippen molar-refractivity contribution in [3.05, 3.63) is 36.0 Å². The molecule has 0 aliphatic heterocycles. The lowest BCUT2D eigenvalue weighted by atomic mass is 10.2. The van der Waals surface area contributed by atoms with Crippen LogP contribution in [0.3, 0.4) is 0 Å². The van der Waals surface area contributed by atoms with Gasteiger partial charge in [-0.3, -0.25) is 4.79 Å². The summed E-state index contributed by atoms with van der Waals surface area (Å²) in [4.78, 5) is 26.8. The predicted molar refractivity (Wildman–Crippen MR) is 78.9 cm³/mol. The first kappa shape index (κ1) is 13.7. The third-order valence-electron chi connectivity index (χ3n) is 3.86. The number of benzene rings is 1. The van der Waals surface area contributed by atoms with Crippen LogP contribution in [0, 0.1) is 5.92 Å². The van der Waals surface area contributed by atoms with Crippen molar-refractivity contribution in [2.75, 3.05) is 6.61 Å². The fourth-order valence-electron chi connectivity index (χ4n) is 2.46. The summed E-state index contributed by atoms with van der Waals surface area (Å²) in [5.74, 6) is -0.150. The number of aromatic nitrogens is 1. The van der Waals surface area contributed by atoms with Crippen molar-refractivity contribution in [3.63, 3.8) is 0 Å². The standard InChI is InChI=1S/C16H18N2O3/c1-10(11-6-7-11)18-15(19)9-21-16(20)13-8-17-14-5-3-2-4-12(13)14/h2-5,8,10-11,17H,6-7,9H2,1H3,(H,18,19)/t10-/m1/s1. The minimum absolute atomic E-state index is 0.157. The monoisotopic (exact) mass is 286 g/mol. The van der Waals surface area contributed by atoms with Gasteiger partial charge in [0, 0.05) is 23.1 Å². The molecule has 1 aliphatic carbocycles. The van der Waals surface area contributed by atoms with E-state index in [1.807, 2.05) is 31.2 Å². The number of amides is 1. The smallest absolute Gasteiger partial charge is 0.340 e. The maximum absolute atomic E-state index is 12.0. The molecule has 5 nitrogen and oxygen atoms in total. The summed E-state index contributed by atoms with van der Waals surface area (Å²) in [5, 5.41) is 3.66. The van der Waals surface area contributed by atoms with Crippen LogP contribution in [0.1, 0.15) is 30.1 Å². The van der Waals surface area contributed by atoms with Gasteiger partial charge in [-0.25, -0.2) is 4.79 Å². The third kappa shape index (κ3) is 3.07. The van der Waals surface area contributed by atoms with Crippen molar-refractivity contribution in [2.24, 2.45) is 5.92 Å². The second-order valence-electron chi connectivity index (χ2n) is 5.52. The number of nitrogens with one attached hydrogen (secondary N) is 2. The lowest BCUT2D eigenvalue weighted by Gasteiger charge is -2.12. The van der Waals surface area contributed by atoms with Gasteiger partial charge in [-0.05, 0) is 31.7 Å². The molecule has 2 N–H and O–H groups in total. The van der Waals surface area contributed by atoms with E-state index in [-0.39, 0.29) is 18.6 Å². The fourth-order valence-corrected chi connectivity index (χ4v) is 2.46. The SMILES string of the molecule is C[C@@H](NC(=O)COC(=O)c1c[nH]c2ccccc12)C1CC1. The van der Waals surface area contributed by atoms with Gasteiger partial charge in [0.15, 0.2) is 6.61 Å².